The molecule has 0 aromatic heterocycles. The summed E-state index contributed by atoms with van der Waals surface area (Å²) in [5.41, 5.74) is 0. The second-order valence-electron chi connectivity index (χ2n) is 6.28. The highest BCUT2D eigenvalue weighted by atomic mass is 32.3. The molecule has 2 heterocycles. The number of hydrogen-bond donors (Lipinski definition) is 4. The highest BCUT2D eigenvalue weighted by molar-refractivity contribution is 8.37. The van der Waals surface area contributed by atoms with Crippen molar-refractivity contribution >= 4 is 168 Å². The van der Waals surface area contributed by atoms with Gasteiger partial charge in [0.05, 0.1) is 27.5 Å². The molecule has 1 fully saturated rings. The van der Waals surface area contributed by atoms with Gasteiger partial charge in [-0.2, -0.15) is 50.5 Å². The van der Waals surface area contributed by atoms with Gasteiger partial charge in [-0.1, -0.05) is 6.92 Å². The molecule has 5 atom stereocenters. The highest BCUT2D eigenvalue weighted by Gasteiger charge is 2.37. The van der Waals surface area contributed by atoms with Crippen molar-refractivity contribution in [2.75, 3.05) is 25.4 Å². The topological polar surface area (TPSA) is 0 Å². The molecule has 5 unspecified atom stereocenters. The summed E-state index contributed by atoms with van der Waals surface area (Å²) in [4.78, 5) is 0. The Balaban J connectivity index is 1.93. The lowest BCUT2D eigenvalue weighted by atomic mass is 10.1. The van der Waals surface area contributed by atoms with E-state index in [-0.39, 0.29) is 0 Å². The zero-order chi connectivity index (χ0) is 22.5. The Morgan fingerprint density at radius 2 is 1.26 bits per heavy atom. The molecule has 2 rings (SSSR count). The summed E-state index contributed by atoms with van der Waals surface area (Å²) in [6.07, 6.45) is 2.59. The normalized spacial score (nSPS) is 24.8. The zero-order valence-electron chi connectivity index (χ0n) is 17.0. The number of rotatable bonds is 17. The summed E-state index contributed by atoms with van der Waals surface area (Å²) in [6.45, 7) is 2.45. The molecule has 0 N–H and O–H groups in total. The molecule has 0 nitrogen and oxygen atoms in total. The first-order chi connectivity index (χ1) is 15.1. The first kappa shape index (κ1) is 31.9. The van der Waals surface area contributed by atoms with E-state index < -0.39 is 0 Å². The van der Waals surface area contributed by atoms with Crippen LogP contribution in [0.25, 0.3) is 0 Å². The Bertz CT molecular complexity index is 479. The van der Waals surface area contributed by atoms with E-state index in [0.29, 0.717) is 28.8 Å². The first-order valence-electron chi connectivity index (χ1n) is 9.52. The molecule has 2 aliphatic heterocycles. The maximum absolute atomic E-state index is 4.57. The Morgan fingerprint density at radius 1 is 0.774 bits per heavy atom. The van der Waals surface area contributed by atoms with Crippen molar-refractivity contribution in [3.63, 3.8) is 0 Å². The monoisotopic (exact) mass is 682 g/mol. The van der Waals surface area contributed by atoms with Gasteiger partial charge in [-0.15, -0.1) is 118 Å². The van der Waals surface area contributed by atoms with Crippen molar-refractivity contribution in [2.24, 2.45) is 5.92 Å². The summed E-state index contributed by atoms with van der Waals surface area (Å²) in [5, 5.41) is 9.15. The van der Waals surface area contributed by atoms with Crippen molar-refractivity contribution in [3.8, 4) is 0 Å². The van der Waals surface area contributed by atoms with Crippen molar-refractivity contribution in [1.82, 2.24) is 0 Å². The molecule has 0 aliphatic carbocycles. The summed E-state index contributed by atoms with van der Waals surface area (Å²) < 4.78 is 3.62. The minimum Gasteiger partial charge on any atom is -0.168 e. The van der Waals surface area contributed by atoms with E-state index >= 15 is 0 Å². The lowest BCUT2D eigenvalue weighted by molar-refractivity contribution is 0.565. The van der Waals surface area contributed by atoms with E-state index in [4.69, 9.17) is 0 Å². The summed E-state index contributed by atoms with van der Waals surface area (Å²) in [7, 11) is 0. The standard InChI is InChI=1S/C17H30S14/c1-11(2-3-12-22-4-5-23-12)13(24-6-18)30-16-17(29-10-28-16)31-15(27-9-21)14(25-7-19)26-8-20/h4-5,11-21H,2-3,6-10H2,1H3. The van der Waals surface area contributed by atoms with Crippen LogP contribution in [0, 0.1) is 5.92 Å². The van der Waals surface area contributed by atoms with Crippen LogP contribution in [-0.4, -0.2) is 52.9 Å². The fourth-order valence-electron chi connectivity index (χ4n) is 2.76. The van der Waals surface area contributed by atoms with Gasteiger partial charge in [-0.25, -0.2) is 0 Å². The largest absolute Gasteiger partial charge is 0.168 e. The van der Waals surface area contributed by atoms with Gasteiger partial charge in [0, 0.05) is 25.4 Å². The van der Waals surface area contributed by atoms with E-state index in [1.807, 2.05) is 70.6 Å². The van der Waals surface area contributed by atoms with Crippen LogP contribution in [0.2, 0.25) is 0 Å². The van der Waals surface area contributed by atoms with Gasteiger partial charge >= 0.3 is 0 Å². The fourth-order valence-corrected chi connectivity index (χ4v) is 21.3. The molecule has 14 heteroatoms. The van der Waals surface area contributed by atoms with E-state index in [0.717, 1.165) is 24.9 Å². The minimum atomic E-state index is 0.505. The van der Waals surface area contributed by atoms with Crippen LogP contribution >= 0.6 is 168 Å². The lowest BCUT2D eigenvalue weighted by Gasteiger charge is -2.31. The van der Waals surface area contributed by atoms with Crippen LogP contribution in [0.15, 0.2) is 10.8 Å². The van der Waals surface area contributed by atoms with Crippen molar-refractivity contribution in [3.05, 3.63) is 10.8 Å². The lowest BCUT2D eigenvalue weighted by Crippen LogP contribution is -2.22. The molecular weight excluding hydrogens is 653 g/mol. The maximum Gasteiger partial charge on any atom is 0.0733 e. The number of thioether (sulfide) groups is 10. The molecule has 0 aromatic rings. The van der Waals surface area contributed by atoms with E-state index in [1.165, 1.54) is 17.9 Å². The molecule has 1 saturated heterocycles. The molecule has 31 heavy (non-hydrogen) atoms. The van der Waals surface area contributed by atoms with Crippen LogP contribution in [0.5, 0.6) is 0 Å². The quantitative estimate of drug-likeness (QED) is 0.0861. The summed E-state index contributed by atoms with van der Waals surface area (Å²) >= 11 is 38.5. The molecule has 0 spiro atoms. The first-order valence-corrected chi connectivity index (χ1v) is 22.1. The third-order valence-corrected chi connectivity index (χ3v) is 21.5. The van der Waals surface area contributed by atoms with Gasteiger partial charge in [0.2, 0.25) is 0 Å². The predicted molar refractivity (Wildman–Crippen MR) is 186 cm³/mol. The van der Waals surface area contributed by atoms with Crippen molar-refractivity contribution < 1.29 is 0 Å². The van der Waals surface area contributed by atoms with Crippen molar-refractivity contribution in [1.29, 1.82) is 0 Å². The van der Waals surface area contributed by atoms with Crippen LogP contribution < -0.4 is 0 Å². The highest BCUT2D eigenvalue weighted by Crippen LogP contribution is 2.55. The average Bonchev–Trinajstić information content (AvgIpc) is 3.43. The van der Waals surface area contributed by atoms with Gasteiger partial charge in [0.1, 0.15) is 0 Å². The Hall–Kier alpha value is 4.64. The zero-order valence-corrected chi connectivity index (χ0v) is 28.8. The third-order valence-electron chi connectivity index (χ3n) is 4.24. The van der Waals surface area contributed by atoms with Crippen LogP contribution in [-0.2, 0) is 0 Å². The van der Waals surface area contributed by atoms with Gasteiger partial charge in [0.15, 0.2) is 0 Å². The second-order valence-corrected chi connectivity index (χ2v) is 23.0. The molecule has 2 aliphatic rings. The fraction of sp³-hybridized carbons (Fsp3) is 0.882. The second kappa shape index (κ2) is 19.7. The van der Waals surface area contributed by atoms with E-state index in [1.54, 1.807) is 0 Å². The van der Waals surface area contributed by atoms with Crippen LogP contribution in [0.1, 0.15) is 19.8 Å². The van der Waals surface area contributed by atoms with Crippen LogP contribution in [0.3, 0.4) is 0 Å². The molecule has 0 amide bonds. The molecule has 0 bridgehead atoms. The average molecular weight is 683 g/mol. The SMILES string of the molecule is CC(CCC1SC=CS1)C(SCS)SC1SCSC1SC(SCS)C(SCS)SCS. The third kappa shape index (κ3) is 12.4. The van der Waals surface area contributed by atoms with E-state index in [2.05, 4.69) is 115 Å². The number of thiol groups is 4. The molecule has 0 radical (unpaired) electrons. The molecule has 0 aromatic carbocycles. The summed E-state index contributed by atoms with van der Waals surface area (Å²) in [6, 6.07) is 0. The van der Waals surface area contributed by atoms with Gasteiger partial charge in [-0.05, 0) is 29.6 Å². The van der Waals surface area contributed by atoms with Gasteiger partial charge in [0.25, 0.3) is 0 Å². The maximum atomic E-state index is 4.57. The van der Waals surface area contributed by atoms with Gasteiger partial charge < -0.3 is 0 Å². The smallest absolute Gasteiger partial charge is 0.0733 e. The van der Waals surface area contributed by atoms with Gasteiger partial charge in [-0.3, -0.25) is 0 Å². The van der Waals surface area contributed by atoms with E-state index in [9.17, 15) is 0 Å². The predicted octanol–water partition coefficient (Wildman–Crippen LogP) is 9.70. The molecule has 0 saturated carbocycles. The number of hydrogen-bond acceptors (Lipinski definition) is 14. The van der Waals surface area contributed by atoms with Crippen LogP contribution in [0.4, 0.5) is 0 Å². The Labute approximate surface area is 254 Å². The molecule has 182 valence electrons. The van der Waals surface area contributed by atoms with Crippen molar-refractivity contribution in [2.45, 2.75) is 47.3 Å². The Morgan fingerprint density at radius 3 is 1.81 bits per heavy atom. The molecular formula is C17H30S14. The Kier molecular flexibility index (Phi) is 20.2. The minimum absolute atomic E-state index is 0.505. The summed E-state index contributed by atoms with van der Waals surface area (Å²) in [5.74, 6) is 0.704.